The van der Waals surface area contributed by atoms with Crippen molar-refractivity contribution in [3.05, 3.63) is 29.8 Å². The summed E-state index contributed by atoms with van der Waals surface area (Å²) in [5.41, 5.74) is 0.473. The number of rotatable bonds is 5. The van der Waals surface area contributed by atoms with Crippen LogP contribution in [0.4, 0.5) is 0 Å². The number of hydrogen-bond donors (Lipinski definition) is 1. The van der Waals surface area contributed by atoms with Crippen LogP contribution < -0.4 is 4.74 Å². The number of hydrogen-bond acceptors (Lipinski definition) is 4. The van der Waals surface area contributed by atoms with Gasteiger partial charge in [0.25, 0.3) is 0 Å². The Morgan fingerprint density at radius 1 is 1.50 bits per heavy atom. The second kappa shape index (κ2) is 6.12. The molecule has 0 amide bonds. The molecule has 0 heterocycles. The molecule has 1 aromatic rings. The second-order valence-electron chi connectivity index (χ2n) is 3.35. The van der Waals surface area contributed by atoms with Crippen molar-refractivity contribution in [2.75, 3.05) is 13.7 Å². The molecule has 0 aliphatic carbocycles. The SMILES string of the molecule is CCCOC(=O)C(O)c1cccc(OC)c1. The fourth-order valence-corrected chi connectivity index (χ4v) is 1.23. The predicted molar refractivity (Wildman–Crippen MR) is 59.2 cm³/mol. The maximum absolute atomic E-state index is 11.4. The first kappa shape index (κ1) is 12.5. The monoisotopic (exact) mass is 224 g/mol. The molecule has 0 radical (unpaired) electrons. The summed E-state index contributed by atoms with van der Waals surface area (Å²) in [6, 6.07) is 6.72. The summed E-state index contributed by atoms with van der Waals surface area (Å²) in [6.45, 7) is 2.21. The Morgan fingerprint density at radius 2 is 2.25 bits per heavy atom. The van der Waals surface area contributed by atoms with E-state index in [1.165, 1.54) is 7.11 Å². The van der Waals surface area contributed by atoms with Crippen LogP contribution in [0.2, 0.25) is 0 Å². The molecule has 1 unspecified atom stereocenters. The zero-order valence-electron chi connectivity index (χ0n) is 9.47. The fraction of sp³-hybridized carbons (Fsp3) is 0.417. The Kier molecular flexibility index (Phi) is 4.79. The van der Waals surface area contributed by atoms with Gasteiger partial charge in [-0.15, -0.1) is 0 Å². The van der Waals surface area contributed by atoms with Gasteiger partial charge in [-0.2, -0.15) is 0 Å². The third-order valence-electron chi connectivity index (χ3n) is 2.08. The molecule has 4 heteroatoms. The number of aliphatic hydroxyl groups is 1. The molecule has 0 saturated carbocycles. The maximum atomic E-state index is 11.4. The Bertz CT molecular complexity index is 349. The van der Waals surface area contributed by atoms with Crippen LogP contribution in [0.25, 0.3) is 0 Å². The molecular formula is C12H16O4. The lowest BCUT2D eigenvalue weighted by Crippen LogP contribution is -2.15. The molecule has 16 heavy (non-hydrogen) atoms. The van der Waals surface area contributed by atoms with Crippen molar-refractivity contribution >= 4 is 5.97 Å². The largest absolute Gasteiger partial charge is 0.497 e. The Hall–Kier alpha value is -1.55. The van der Waals surface area contributed by atoms with Crippen LogP contribution in [0, 0.1) is 0 Å². The number of ether oxygens (including phenoxy) is 2. The Morgan fingerprint density at radius 3 is 2.88 bits per heavy atom. The van der Waals surface area contributed by atoms with E-state index in [1.54, 1.807) is 24.3 Å². The van der Waals surface area contributed by atoms with Gasteiger partial charge in [-0.1, -0.05) is 19.1 Å². The van der Waals surface area contributed by atoms with Gasteiger partial charge in [0.05, 0.1) is 13.7 Å². The highest BCUT2D eigenvalue weighted by molar-refractivity contribution is 5.76. The molecule has 0 aliphatic heterocycles. The average Bonchev–Trinajstić information content (AvgIpc) is 2.35. The van der Waals surface area contributed by atoms with Gasteiger partial charge in [-0.05, 0) is 24.1 Å². The van der Waals surface area contributed by atoms with E-state index in [9.17, 15) is 9.90 Å². The lowest BCUT2D eigenvalue weighted by Gasteiger charge is -2.11. The summed E-state index contributed by atoms with van der Waals surface area (Å²) in [5.74, 6) is -0.0325. The topological polar surface area (TPSA) is 55.8 Å². The van der Waals surface area contributed by atoms with Crippen molar-refractivity contribution in [1.82, 2.24) is 0 Å². The van der Waals surface area contributed by atoms with E-state index >= 15 is 0 Å². The van der Waals surface area contributed by atoms with Gasteiger partial charge in [-0.25, -0.2) is 4.79 Å². The Labute approximate surface area is 94.8 Å². The van der Waals surface area contributed by atoms with Crippen LogP contribution in [-0.4, -0.2) is 24.8 Å². The lowest BCUT2D eigenvalue weighted by molar-refractivity contribution is -0.153. The first-order chi connectivity index (χ1) is 7.69. The van der Waals surface area contributed by atoms with E-state index in [4.69, 9.17) is 9.47 Å². The molecule has 0 spiro atoms. The number of methoxy groups -OCH3 is 1. The molecule has 88 valence electrons. The molecule has 0 bridgehead atoms. The molecule has 4 nitrogen and oxygen atoms in total. The molecule has 1 aromatic carbocycles. The van der Waals surface area contributed by atoms with Gasteiger partial charge in [0.1, 0.15) is 5.75 Å². The number of aliphatic hydroxyl groups excluding tert-OH is 1. The van der Waals surface area contributed by atoms with Gasteiger partial charge in [0.2, 0.25) is 0 Å². The maximum Gasteiger partial charge on any atom is 0.339 e. The summed E-state index contributed by atoms with van der Waals surface area (Å²) in [5, 5.41) is 9.71. The van der Waals surface area contributed by atoms with Gasteiger partial charge in [0.15, 0.2) is 6.10 Å². The number of carbonyl (C=O) groups is 1. The Balaban J connectivity index is 2.71. The highest BCUT2D eigenvalue weighted by Gasteiger charge is 2.18. The standard InChI is InChI=1S/C12H16O4/c1-3-7-16-12(14)11(13)9-5-4-6-10(8-9)15-2/h4-6,8,11,13H,3,7H2,1-2H3. The van der Waals surface area contributed by atoms with Crippen molar-refractivity contribution in [2.45, 2.75) is 19.4 Å². The zero-order valence-corrected chi connectivity index (χ0v) is 9.47. The summed E-state index contributed by atoms with van der Waals surface area (Å²) < 4.78 is 9.85. The van der Waals surface area contributed by atoms with Crippen LogP contribution >= 0.6 is 0 Å². The van der Waals surface area contributed by atoms with E-state index < -0.39 is 12.1 Å². The van der Waals surface area contributed by atoms with Crippen LogP contribution in [-0.2, 0) is 9.53 Å². The molecule has 0 aromatic heterocycles. The quantitative estimate of drug-likeness (QED) is 0.773. The molecule has 1 atom stereocenters. The number of benzene rings is 1. The predicted octanol–water partition coefficient (Wildman–Crippen LogP) is 1.68. The third kappa shape index (κ3) is 3.24. The van der Waals surface area contributed by atoms with Crippen molar-refractivity contribution in [3.8, 4) is 5.75 Å². The first-order valence-corrected chi connectivity index (χ1v) is 5.17. The third-order valence-corrected chi connectivity index (χ3v) is 2.08. The van der Waals surface area contributed by atoms with Gasteiger partial charge < -0.3 is 14.6 Å². The van der Waals surface area contributed by atoms with Crippen molar-refractivity contribution in [3.63, 3.8) is 0 Å². The van der Waals surface area contributed by atoms with Crippen molar-refractivity contribution in [1.29, 1.82) is 0 Å². The molecule has 0 fully saturated rings. The number of carbonyl (C=O) groups excluding carboxylic acids is 1. The lowest BCUT2D eigenvalue weighted by atomic mass is 10.1. The van der Waals surface area contributed by atoms with Crippen LogP contribution in [0.15, 0.2) is 24.3 Å². The molecular weight excluding hydrogens is 208 g/mol. The smallest absolute Gasteiger partial charge is 0.339 e. The van der Waals surface area contributed by atoms with E-state index in [2.05, 4.69) is 0 Å². The normalized spacial score (nSPS) is 11.9. The molecule has 1 N–H and O–H groups in total. The minimum absolute atomic E-state index is 0.319. The summed E-state index contributed by atoms with van der Waals surface area (Å²) in [6.07, 6.45) is -0.516. The molecule has 1 rings (SSSR count). The van der Waals surface area contributed by atoms with Gasteiger partial charge in [0, 0.05) is 0 Å². The average molecular weight is 224 g/mol. The van der Waals surface area contributed by atoms with Gasteiger partial charge >= 0.3 is 5.97 Å². The molecule has 0 saturated heterocycles. The fourth-order valence-electron chi connectivity index (χ4n) is 1.23. The summed E-state index contributed by atoms with van der Waals surface area (Å²) in [4.78, 5) is 11.4. The summed E-state index contributed by atoms with van der Waals surface area (Å²) in [7, 11) is 1.53. The second-order valence-corrected chi connectivity index (χ2v) is 3.35. The van der Waals surface area contributed by atoms with Crippen LogP contribution in [0.1, 0.15) is 25.0 Å². The van der Waals surface area contributed by atoms with Crippen LogP contribution in [0.5, 0.6) is 5.75 Å². The minimum Gasteiger partial charge on any atom is -0.497 e. The zero-order chi connectivity index (χ0) is 12.0. The van der Waals surface area contributed by atoms with Crippen LogP contribution in [0.3, 0.4) is 0 Å². The number of esters is 1. The van der Waals surface area contributed by atoms with E-state index in [0.29, 0.717) is 17.9 Å². The highest BCUT2D eigenvalue weighted by atomic mass is 16.5. The van der Waals surface area contributed by atoms with E-state index in [1.807, 2.05) is 6.92 Å². The first-order valence-electron chi connectivity index (χ1n) is 5.17. The van der Waals surface area contributed by atoms with Crippen molar-refractivity contribution in [2.24, 2.45) is 0 Å². The minimum atomic E-state index is -1.25. The molecule has 0 aliphatic rings. The van der Waals surface area contributed by atoms with Crippen molar-refractivity contribution < 1.29 is 19.4 Å². The van der Waals surface area contributed by atoms with Gasteiger partial charge in [-0.3, -0.25) is 0 Å². The van der Waals surface area contributed by atoms with E-state index in [-0.39, 0.29) is 0 Å². The summed E-state index contributed by atoms with van der Waals surface area (Å²) >= 11 is 0. The highest BCUT2D eigenvalue weighted by Crippen LogP contribution is 2.19. The van der Waals surface area contributed by atoms with E-state index in [0.717, 1.165) is 6.42 Å².